The molecule has 4 heterocycles. The third kappa shape index (κ3) is 3.67. The Kier molecular flexibility index (Phi) is 4.93. The number of amides is 1. The van der Waals surface area contributed by atoms with Crippen LogP contribution in [0.25, 0.3) is 5.65 Å². The predicted octanol–water partition coefficient (Wildman–Crippen LogP) is 2.23. The largest absolute Gasteiger partial charge is 0.346 e. The van der Waals surface area contributed by atoms with Crippen LogP contribution in [0.4, 0.5) is 5.95 Å². The van der Waals surface area contributed by atoms with Crippen molar-refractivity contribution in [2.75, 3.05) is 18.0 Å². The maximum atomic E-state index is 12.9. The molecule has 146 valence electrons. The minimum Gasteiger partial charge on any atom is -0.346 e. The van der Waals surface area contributed by atoms with Crippen molar-refractivity contribution in [3.63, 3.8) is 0 Å². The highest BCUT2D eigenvalue weighted by atomic mass is 16.2. The number of anilines is 1. The molecule has 4 rings (SSSR count). The molecule has 0 radical (unpaired) electrons. The van der Waals surface area contributed by atoms with Gasteiger partial charge in [0.1, 0.15) is 0 Å². The monoisotopic (exact) mass is 379 g/mol. The van der Waals surface area contributed by atoms with Gasteiger partial charge in [0.25, 0.3) is 0 Å². The Bertz CT molecular complexity index is 979. The molecule has 0 unspecified atom stereocenters. The summed E-state index contributed by atoms with van der Waals surface area (Å²) < 4.78 is 1.90. The highest BCUT2D eigenvalue weighted by Crippen LogP contribution is 2.22. The number of nitrogens with one attached hydrogen (secondary N) is 1. The molecule has 3 aromatic rings. The van der Waals surface area contributed by atoms with Crippen molar-refractivity contribution in [2.45, 2.75) is 39.7 Å². The number of pyridine rings is 1. The first-order valence-corrected chi connectivity index (χ1v) is 9.68. The maximum Gasteiger partial charge on any atom is 0.225 e. The number of carbonyl (C=O) groups is 1. The van der Waals surface area contributed by atoms with Crippen LogP contribution in [0.15, 0.2) is 30.5 Å². The molecule has 1 N–H and O–H groups in total. The lowest BCUT2D eigenvalue weighted by Gasteiger charge is -2.32. The second-order valence-corrected chi connectivity index (χ2v) is 7.45. The SMILES string of the molecule is Cc1cc(C)nc(N2CCC[C@@H](C(=O)N[C@@H](C)c3nnc4ccccn34)C2)n1. The minimum atomic E-state index is -0.224. The maximum absolute atomic E-state index is 12.9. The zero-order chi connectivity index (χ0) is 19.7. The highest BCUT2D eigenvalue weighted by Gasteiger charge is 2.29. The lowest BCUT2D eigenvalue weighted by atomic mass is 9.97. The Morgan fingerprint density at radius 2 is 2.00 bits per heavy atom. The first-order valence-electron chi connectivity index (χ1n) is 9.68. The van der Waals surface area contributed by atoms with Gasteiger partial charge in [0.05, 0.1) is 12.0 Å². The number of hydrogen-bond acceptors (Lipinski definition) is 6. The van der Waals surface area contributed by atoms with E-state index in [0.29, 0.717) is 12.5 Å². The third-order valence-corrected chi connectivity index (χ3v) is 5.13. The van der Waals surface area contributed by atoms with Crippen LogP contribution in [0.5, 0.6) is 0 Å². The van der Waals surface area contributed by atoms with Gasteiger partial charge in [-0.15, -0.1) is 10.2 Å². The van der Waals surface area contributed by atoms with E-state index in [1.165, 1.54) is 0 Å². The number of hydrogen-bond donors (Lipinski definition) is 1. The van der Waals surface area contributed by atoms with Crippen LogP contribution >= 0.6 is 0 Å². The molecule has 1 aliphatic heterocycles. The van der Waals surface area contributed by atoms with Gasteiger partial charge in [-0.25, -0.2) is 9.97 Å². The molecule has 1 saturated heterocycles. The zero-order valence-corrected chi connectivity index (χ0v) is 16.5. The van der Waals surface area contributed by atoms with E-state index in [-0.39, 0.29) is 17.9 Å². The van der Waals surface area contributed by atoms with E-state index in [1.807, 2.05) is 55.6 Å². The minimum absolute atomic E-state index is 0.0363. The van der Waals surface area contributed by atoms with Gasteiger partial charge in [-0.05, 0) is 51.8 Å². The van der Waals surface area contributed by atoms with Gasteiger partial charge in [0.2, 0.25) is 11.9 Å². The lowest BCUT2D eigenvalue weighted by molar-refractivity contribution is -0.126. The molecule has 1 aliphatic rings. The molecule has 0 saturated carbocycles. The third-order valence-electron chi connectivity index (χ3n) is 5.13. The van der Waals surface area contributed by atoms with E-state index in [0.717, 1.165) is 42.2 Å². The number of carbonyl (C=O) groups excluding carboxylic acids is 1. The molecule has 8 heteroatoms. The van der Waals surface area contributed by atoms with Crippen molar-refractivity contribution >= 4 is 17.5 Å². The van der Waals surface area contributed by atoms with Crippen LogP contribution in [0, 0.1) is 19.8 Å². The number of aromatic nitrogens is 5. The molecular weight excluding hydrogens is 354 g/mol. The summed E-state index contributed by atoms with van der Waals surface area (Å²) in [5, 5.41) is 11.5. The smallest absolute Gasteiger partial charge is 0.225 e. The quantitative estimate of drug-likeness (QED) is 0.748. The van der Waals surface area contributed by atoms with Crippen molar-refractivity contribution in [3.8, 4) is 0 Å². The number of piperidine rings is 1. The molecule has 2 atom stereocenters. The van der Waals surface area contributed by atoms with Crippen LogP contribution in [0.1, 0.15) is 43.0 Å². The fraction of sp³-hybridized carbons (Fsp3) is 0.450. The Morgan fingerprint density at radius 3 is 2.79 bits per heavy atom. The zero-order valence-electron chi connectivity index (χ0n) is 16.5. The van der Waals surface area contributed by atoms with Gasteiger partial charge in [-0.3, -0.25) is 9.20 Å². The van der Waals surface area contributed by atoms with Crippen LogP contribution in [-0.4, -0.2) is 43.6 Å². The van der Waals surface area contributed by atoms with Gasteiger partial charge in [0, 0.05) is 30.7 Å². The molecule has 3 aromatic heterocycles. The van der Waals surface area contributed by atoms with E-state index in [1.54, 1.807) is 0 Å². The van der Waals surface area contributed by atoms with Crippen molar-refractivity contribution in [3.05, 3.63) is 47.7 Å². The van der Waals surface area contributed by atoms with Crippen molar-refractivity contribution in [2.24, 2.45) is 5.92 Å². The number of nitrogens with zero attached hydrogens (tertiary/aromatic N) is 6. The summed E-state index contributed by atoms with van der Waals surface area (Å²) >= 11 is 0. The molecule has 0 spiro atoms. The Labute approximate surface area is 164 Å². The average molecular weight is 379 g/mol. The summed E-state index contributed by atoms with van der Waals surface area (Å²) in [5.74, 6) is 1.38. The van der Waals surface area contributed by atoms with E-state index in [9.17, 15) is 4.79 Å². The van der Waals surface area contributed by atoms with Gasteiger partial charge >= 0.3 is 0 Å². The fourth-order valence-electron chi connectivity index (χ4n) is 3.77. The molecule has 8 nitrogen and oxygen atoms in total. The van der Waals surface area contributed by atoms with Gasteiger partial charge in [-0.1, -0.05) is 6.07 Å². The average Bonchev–Trinajstić information content (AvgIpc) is 3.11. The summed E-state index contributed by atoms with van der Waals surface area (Å²) in [6.07, 6.45) is 3.71. The molecule has 0 bridgehead atoms. The molecular formula is C20H25N7O. The molecule has 1 fully saturated rings. The van der Waals surface area contributed by atoms with Crippen LogP contribution in [0.3, 0.4) is 0 Å². The molecule has 28 heavy (non-hydrogen) atoms. The lowest BCUT2D eigenvalue weighted by Crippen LogP contribution is -2.44. The Morgan fingerprint density at radius 1 is 1.21 bits per heavy atom. The Hall–Kier alpha value is -3.03. The highest BCUT2D eigenvalue weighted by molar-refractivity contribution is 5.79. The van der Waals surface area contributed by atoms with Crippen LogP contribution < -0.4 is 10.2 Å². The number of aryl methyl sites for hydroxylation is 2. The second kappa shape index (κ2) is 7.53. The first kappa shape index (κ1) is 18.3. The summed E-state index contributed by atoms with van der Waals surface area (Å²) in [5.41, 5.74) is 2.66. The molecule has 0 aliphatic carbocycles. The van der Waals surface area contributed by atoms with Gasteiger partial charge in [-0.2, -0.15) is 0 Å². The van der Waals surface area contributed by atoms with Crippen molar-refractivity contribution in [1.82, 2.24) is 29.9 Å². The molecule has 0 aromatic carbocycles. The Balaban J connectivity index is 1.45. The molecule has 1 amide bonds. The van der Waals surface area contributed by atoms with Crippen LogP contribution in [-0.2, 0) is 4.79 Å². The number of rotatable bonds is 4. The topological polar surface area (TPSA) is 88.3 Å². The fourth-order valence-corrected chi connectivity index (χ4v) is 3.77. The standard InChI is InChI=1S/C20H25N7O/c1-13-11-14(2)22-20(21-13)26-9-6-7-16(12-26)19(28)23-15(3)18-25-24-17-8-4-5-10-27(17)18/h4-5,8,10-11,15-16H,6-7,9,12H2,1-3H3,(H,23,28)/t15-,16+/m0/s1. The summed E-state index contributed by atoms with van der Waals surface area (Å²) in [6, 6.07) is 7.48. The number of fused-ring (bicyclic) bond motifs is 1. The van der Waals surface area contributed by atoms with E-state index < -0.39 is 0 Å². The summed E-state index contributed by atoms with van der Waals surface area (Å²) in [4.78, 5) is 24.1. The summed E-state index contributed by atoms with van der Waals surface area (Å²) in [6.45, 7) is 7.38. The van der Waals surface area contributed by atoms with Crippen LogP contribution in [0.2, 0.25) is 0 Å². The first-order chi connectivity index (χ1) is 13.5. The van der Waals surface area contributed by atoms with E-state index in [4.69, 9.17) is 0 Å². The van der Waals surface area contributed by atoms with E-state index in [2.05, 4.69) is 30.4 Å². The van der Waals surface area contributed by atoms with Crippen molar-refractivity contribution < 1.29 is 4.79 Å². The summed E-state index contributed by atoms with van der Waals surface area (Å²) in [7, 11) is 0. The van der Waals surface area contributed by atoms with E-state index >= 15 is 0 Å². The normalized spacial score (nSPS) is 18.2. The van der Waals surface area contributed by atoms with Gasteiger partial charge in [0.15, 0.2) is 11.5 Å². The predicted molar refractivity (Wildman–Crippen MR) is 106 cm³/mol. The van der Waals surface area contributed by atoms with Gasteiger partial charge < -0.3 is 10.2 Å². The second-order valence-electron chi connectivity index (χ2n) is 7.45. The van der Waals surface area contributed by atoms with Crippen molar-refractivity contribution in [1.29, 1.82) is 0 Å².